The second-order valence-corrected chi connectivity index (χ2v) is 9.12. The molecule has 0 aliphatic carbocycles. The van der Waals surface area contributed by atoms with Crippen LogP contribution in [0.2, 0.25) is 0 Å². The van der Waals surface area contributed by atoms with E-state index in [0.29, 0.717) is 17.7 Å². The van der Waals surface area contributed by atoms with Gasteiger partial charge in [0.15, 0.2) is 6.10 Å². The zero-order chi connectivity index (χ0) is 18.5. The normalized spacial score (nSPS) is 19.7. The lowest BCUT2D eigenvalue weighted by molar-refractivity contribution is -0.140. The Morgan fingerprint density at radius 3 is 2.58 bits per heavy atom. The van der Waals surface area contributed by atoms with Crippen LogP contribution >= 0.6 is 15.9 Å². The second-order valence-electron chi connectivity index (χ2n) is 6.34. The van der Waals surface area contributed by atoms with Crippen LogP contribution in [0.5, 0.6) is 0 Å². The van der Waals surface area contributed by atoms with E-state index >= 15 is 0 Å². The fourth-order valence-electron chi connectivity index (χ4n) is 3.32. The third-order valence-corrected chi connectivity index (χ3v) is 6.94. The predicted molar refractivity (Wildman–Crippen MR) is 99.7 cm³/mol. The zero-order valence-electron chi connectivity index (χ0n) is 14.0. The minimum absolute atomic E-state index is 0.212. The van der Waals surface area contributed by atoms with Gasteiger partial charge in [0.05, 0.1) is 16.2 Å². The fraction of sp³-hybridized carbons (Fsp3) is 0.211. The Hall–Kier alpha value is -2.12. The molecule has 0 N–H and O–H groups in total. The highest BCUT2D eigenvalue weighted by Crippen LogP contribution is 2.44. The lowest BCUT2D eigenvalue weighted by Crippen LogP contribution is -2.30. The van der Waals surface area contributed by atoms with E-state index in [1.165, 1.54) is 4.31 Å². The number of cyclic esters (lactones) is 1. The minimum Gasteiger partial charge on any atom is -0.448 e. The molecule has 0 amide bonds. The van der Waals surface area contributed by atoms with E-state index in [0.717, 1.165) is 15.6 Å². The molecule has 134 valence electrons. The Kier molecular flexibility index (Phi) is 4.16. The van der Waals surface area contributed by atoms with Gasteiger partial charge in [0.1, 0.15) is 0 Å². The molecule has 0 aromatic heterocycles. The van der Waals surface area contributed by atoms with Crippen LogP contribution in [0.25, 0.3) is 0 Å². The summed E-state index contributed by atoms with van der Waals surface area (Å²) in [5.74, 6) is -0.438. The summed E-state index contributed by atoms with van der Waals surface area (Å²) in [5.41, 5.74) is 2.61. The maximum atomic E-state index is 13.2. The molecule has 26 heavy (non-hydrogen) atoms. The van der Waals surface area contributed by atoms with Crippen LogP contribution in [-0.4, -0.2) is 25.2 Å². The van der Waals surface area contributed by atoms with Crippen LogP contribution < -0.4 is 0 Å². The van der Waals surface area contributed by atoms with Crippen LogP contribution in [0.1, 0.15) is 23.7 Å². The molecule has 2 aromatic rings. The molecule has 0 spiro atoms. The van der Waals surface area contributed by atoms with E-state index in [1.54, 1.807) is 24.3 Å². The lowest BCUT2D eigenvalue weighted by atomic mass is 10.1. The molecular formula is C19H16BrNO4S. The monoisotopic (exact) mass is 433 g/mol. The molecular weight excluding hydrogens is 418 g/mol. The van der Waals surface area contributed by atoms with E-state index in [4.69, 9.17) is 4.74 Å². The van der Waals surface area contributed by atoms with Gasteiger partial charge in [-0.05, 0) is 36.8 Å². The first-order valence-electron chi connectivity index (χ1n) is 8.17. The van der Waals surface area contributed by atoms with Gasteiger partial charge in [-0.25, -0.2) is 13.2 Å². The number of benzene rings is 2. The van der Waals surface area contributed by atoms with Crippen molar-refractivity contribution >= 4 is 31.9 Å². The number of carbonyl (C=O) groups excluding carboxylic acids is 1. The van der Waals surface area contributed by atoms with E-state index in [-0.39, 0.29) is 11.4 Å². The number of hydrogen-bond acceptors (Lipinski definition) is 4. The third-order valence-electron chi connectivity index (χ3n) is 4.62. The van der Waals surface area contributed by atoms with Crippen LogP contribution in [0, 0.1) is 6.92 Å². The van der Waals surface area contributed by atoms with E-state index in [1.807, 2.05) is 31.2 Å². The molecule has 2 aliphatic rings. The van der Waals surface area contributed by atoms with Crippen LogP contribution in [0.15, 0.2) is 69.2 Å². The molecule has 0 fully saturated rings. The van der Waals surface area contributed by atoms with E-state index < -0.39 is 22.1 Å². The number of carbonyl (C=O) groups is 1. The summed E-state index contributed by atoms with van der Waals surface area (Å²) in [6, 6.07) is 14.1. The Morgan fingerprint density at radius 1 is 1.15 bits per heavy atom. The summed E-state index contributed by atoms with van der Waals surface area (Å²) in [6.45, 7) is 2.15. The molecule has 5 nitrogen and oxygen atoms in total. The number of aryl methyl sites for hydroxylation is 1. The number of rotatable bonds is 3. The topological polar surface area (TPSA) is 63.7 Å². The maximum absolute atomic E-state index is 13.2. The minimum atomic E-state index is -3.75. The van der Waals surface area contributed by atoms with Crippen molar-refractivity contribution in [2.24, 2.45) is 0 Å². The number of hydrogen-bond donors (Lipinski definition) is 0. The predicted octanol–water partition coefficient (Wildman–Crippen LogP) is 3.70. The summed E-state index contributed by atoms with van der Waals surface area (Å²) >= 11 is 3.41. The first-order valence-corrected chi connectivity index (χ1v) is 10.4. The highest BCUT2D eigenvalue weighted by molar-refractivity contribution is 9.10. The van der Waals surface area contributed by atoms with Crippen molar-refractivity contribution in [3.05, 3.63) is 75.4 Å². The Labute approximate surface area is 160 Å². The van der Waals surface area contributed by atoms with Crippen molar-refractivity contribution in [2.75, 3.05) is 6.54 Å². The molecule has 0 radical (unpaired) electrons. The SMILES string of the molecule is Cc1ccc(S(=O)(=O)N2CCC3=C2C(c2cccc(Br)c2)OC3=O)cc1. The summed E-state index contributed by atoms with van der Waals surface area (Å²) < 4.78 is 34.0. The van der Waals surface area contributed by atoms with Gasteiger partial charge < -0.3 is 4.74 Å². The average Bonchev–Trinajstić information content (AvgIpc) is 3.17. The van der Waals surface area contributed by atoms with Crippen molar-refractivity contribution in [2.45, 2.75) is 24.3 Å². The summed E-state index contributed by atoms with van der Waals surface area (Å²) in [7, 11) is -3.75. The van der Waals surface area contributed by atoms with Gasteiger partial charge in [-0.1, -0.05) is 45.8 Å². The van der Waals surface area contributed by atoms with Gasteiger partial charge in [-0.2, -0.15) is 0 Å². The molecule has 1 unspecified atom stereocenters. The summed E-state index contributed by atoms with van der Waals surface area (Å²) in [6.07, 6.45) is -0.346. The third kappa shape index (κ3) is 2.75. The lowest BCUT2D eigenvalue weighted by Gasteiger charge is -2.25. The van der Waals surface area contributed by atoms with Gasteiger partial charge in [0.2, 0.25) is 0 Å². The summed E-state index contributed by atoms with van der Waals surface area (Å²) in [4.78, 5) is 12.5. The number of sulfonamides is 1. The molecule has 0 saturated carbocycles. The van der Waals surface area contributed by atoms with Crippen molar-refractivity contribution in [3.63, 3.8) is 0 Å². The Morgan fingerprint density at radius 2 is 1.88 bits per heavy atom. The first-order chi connectivity index (χ1) is 12.4. The molecule has 2 aliphatic heterocycles. The Balaban J connectivity index is 1.78. The average molecular weight is 434 g/mol. The molecule has 1 atom stereocenters. The number of halogens is 1. The molecule has 7 heteroatoms. The molecule has 2 heterocycles. The fourth-order valence-corrected chi connectivity index (χ4v) is 5.27. The maximum Gasteiger partial charge on any atom is 0.337 e. The van der Waals surface area contributed by atoms with Crippen molar-refractivity contribution < 1.29 is 17.9 Å². The van der Waals surface area contributed by atoms with E-state index in [9.17, 15) is 13.2 Å². The van der Waals surface area contributed by atoms with Gasteiger partial charge in [0.25, 0.3) is 10.0 Å². The second kappa shape index (κ2) is 6.25. The van der Waals surface area contributed by atoms with Crippen LogP contribution in [0.3, 0.4) is 0 Å². The quantitative estimate of drug-likeness (QED) is 0.692. The standard InChI is InChI=1S/C19H16BrNO4S/c1-12-5-7-15(8-6-12)26(23,24)21-10-9-16-17(21)18(25-19(16)22)13-3-2-4-14(20)11-13/h2-8,11,18H,9-10H2,1H3. The van der Waals surface area contributed by atoms with Gasteiger partial charge >= 0.3 is 5.97 Å². The van der Waals surface area contributed by atoms with Crippen molar-refractivity contribution in [3.8, 4) is 0 Å². The largest absolute Gasteiger partial charge is 0.448 e. The molecule has 0 bridgehead atoms. The summed E-state index contributed by atoms with van der Waals surface area (Å²) in [5, 5.41) is 0. The van der Waals surface area contributed by atoms with Gasteiger partial charge in [0, 0.05) is 17.4 Å². The molecule has 0 saturated heterocycles. The zero-order valence-corrected chi connectivity index (χ0v) is 16.4. The van der Waals surface area contributed by atoms with Crippen molar-refractivity contribution in [1.29, 1.82) is 0 Å². The highest BCUT2D eigenvalue weighted by Gasteiger charge is 2.46. The van der Waals surface area contributed by atoms with Crippen molar-refractivity contribution in [1.82, 2.24) is 4.31 Å². The van der Waals surface area contributed by atoms with Crippen LogP contribution in [-0.2, 0) is 19.6 Å². The number of nitrogens with zero attached hydrogens (tertiary/aromatic N) is 1. The number of ether oxygens (including phenoxy) is 1. The first kappa shape index (κ1) is 17.3. The molecule has 2 aromatic carbocycles. The van der Waals surface area contributed by atoms with E-state index in [2.05, 4.69) is 15.9 Å². The highest BCUT2D eigenvalue weighted by atomic mass is 79.9. The van der Waals surface area contributed by atoms with Gasteiger partial charge in [-0.15, -0.1) is 0 Å². The number of esters is 1. The smallest absolute Gasteiger partial charge is 0.337 e. The van der Waals surface area contributed by atoms with Crippen LogP contribution in [0.4, 0.5) is 0 Å². The van der Waals surface area contributed by atoms with Gasteiger partial charge in [-0.3, -0.25) is 4.31 Å². The Bertz CT molecular complexity index is 1030. The molecule has 4 rings (SSSR count).